The Hall–Kier alpha value is -2.89. The summed E-state index contributed by atoms with van der Waals surface area (Å²) in [5, 5.41) is 0. The van der Waals surface area contributed by atoms with Crippen molar-refractivity contribution in [1.29, 1.82) is 0 Å². The predicted molar refractivity (Wildman–Crippen MR) is 112 cm³/mol. The molecule has 0 saturated carbocycles. The van der Waals surface area contributed by atoms with Gasteiger partial charge in [-0.3, -0.25) is 4.79 Å². The number of methoxy groups -OCH3 is 2. The van der Waals surface area contributed by atoms with Gasteiger partial charge in [0.2, 0.25) is 5.91 Å². The molecule has 0 bridgehead atoms. The minimum absolute atomic E-state index is 0.0981. The van der Waals surface area contributed by atoms with Gasteiger partial charge < -0.3 is 14.4 Å². The van der Waals surface area contributed by atoms with Crippen molar-refractivity contribution in [2.75, 3.05) is 20.8 Å². The maximum Gasteiger partial charge on any atom is 0.233 e. The van der Waals surface area contributed by atoms with Gasteiger partial charge in [-0.15, -0.1) is 6.58 Å². The highest BCUT2D eigenvalue weighted by molar-refractivity contribution is 5.89. The minimum atomic E-state index is -1.18. The lowest BCUT2D eigenvalue weighted by Crippen LogP contribution is -2.45. The standard InChI is InChI=1S/C24H27F2NO3/c1-4-12-24(19-8-7-9-20(25)22(19)26)13-5-6-14-27(23(24)28)16-17-10-11-18(29-2)15-21(17)30-3/h4,7-11,15H,1,5-6,12-14,16H2,2-3H3. The molecule has 0 aliphatic carbocycles. The summed E-state index contributed by atoms with van der Waals surface area (Å²) in [6.45, 7) is 4.62. The summed E-state index contributed by atoms with van der Waals surface area (Å²) in [7, 11) is 3.14. The van der Waals surface area contributed by atoms with E-state index in [4.69, 9.17) is 9.47 Å². The number of halogens is 2. The number of carbonyl (C=O) groups excluding carboxylic acids is 1. The third-order valence-corrected chi connectivity index (χ3v) is 5.79. The number of rotatable bonds is 7. The smallest absolute Gasteiger partial charge is 0.233 e. The number of carbonyl (C=O) groups is 1. The van der Waals surface area contributed by atoms with Crippen LogP contribution in [0.2, 0.25) is 0 Å². The topological polar surface area (TPSA) is 38.8 Å². The van der Waals surface area contributed by atoms with Crippen molar-refractivity contribution in [3.05, 3.63) is 71.8 Å². The van der Waals surface area contributed by atoms with Gasteiger partial charge in [0, 0.05) is 30.3 Å². The summed E-state index contributed by atoms with van der Waals surface area (Å²) < 4.78 is 39.5. The Bertz CT molecular complexity index is 931. The SMILES string of the molecule is C=CCC1(c2cccc(F)c2F)CCCCN(Cc2ccc(OC)cc2OC)C1=O. The predicted octanol–water partition coefficient (Wildman–Crippen LogP) is 5.01. The Morgan fingerprint density at radius 2 is 1.97 bits per heavy atom. The monoisotopic (exact) mass is 415 g/mol. The van der Waals surface area contributed by atoms with Crippen LogP contribution in [0.4, 0.5) is 8.78 Å². The van der Waals surface area contributed by atoms with Crippen LogP contribution < -0.4 is 9.47 Å². The molecule has 160 valence electrons. The average Bonchev–Trinajstić information content (AvgIpc) is 2.90. The van der Waals surface area contributed by atoms with E-state index >= 15 is 0 Å². The van der Waals surface area contributed by atoms with Crippen LogP contribution in [0.25, 0.3) is 0 Å². The molecule has 6 heteroatoms. The molecule has 1 atom stereocenters. The van der Waals surface area contributed by atoms with Gasteiger partial charge in [0.05, 0.1) is 19.6 Å². The average molecular weight is 415 g/mol. The molecule has 0 N–H and O–H groups in total. The molecule has 30 heavy (non-hydrogen) atoms. The molecule has 1 fully saturated rings. The highest BCUT2D eigenvalue weighted by Crippen LogP contribution is 2.40. The summed E-state index contributed by atoms with van der Waals surface area (Å²) in [5.74, 6) is -0.867. The molecule has 2 aromatic carbocycles. The van der Waals surface area contributed by atoms with Crippen LogP contribution in [0.5, 0.6) is 11.5 Å². The molecular weight excluding hydrogens is 388 g/mol. The van der Waals surface area contributed by atoms with E-state index in [9.17, 15) is 13.6 Å². The van der Waals surface area contributed by atoms with Crippen molar-refractivity contribution < 1.29 is 23.0 Å². The van der Waals surface area contributed by atoms with Crippen LogP contribution in [0.15, 0.2) is 49.1 Å². The molecule has 3 rings (SSSR count). The molecule has 0 aromatic heterocycles. The summed E-state index contributed by atoms with van der Waals surface area (Å²) in [6.07, 6.45) is 3.79. The number of likely N-dealkylation sites (tertiary alicyclic amines) is 1. The van der Waals surface area contributed by atoms with E-state index in [1.807, 2.05) is 12.1 Å². The fourth-order valence-electron chi connectivity index (χ4n) is 4.25. The molecule has 1 amide bonds. The highest BCUT2D eigenvalue weighted by Gasteiger charge is 2.45. The van der Waals surface area contributed by atoms with E-state index in [-0.39, 0.29) is 17.9 Å². The second-order valence-corrected chi connectivity index (χ2v) is 7.54. The number of hydrogen-bond donors (Lipinski definition) is 0. The quantitative estimate of drug-likeness (QED) is 0.597. The first-order valence-electron chi connectivity index (χ1n) is 10.0. The number of allylic oxidation sites excluding steroid dienone is 1. The third kappa shape index (κ3) is 4.04. The lowest BCUT2D eigenvalue weighted by atomic mass is 9.73. The second-order valence-electron chi connectivity index (χ2n) is 7.54. The van der Waals surface area contributed by atoms with Gasteiger partial charge >= 0.3 is 0 Å². The van der Waals surface area contributed by atoms with Gasteiger partial charge in [-0.25, -0.2) is 8.78 Å². The van der Waals surface area contributed by atoms with Crippen LogP contribution >= 0.6 is 0 Å². The first-order chi connectivity index (χ1) is 14.5. The molecule has 1 unspecified atom stereocenters. The van der Waals surface area contributed by atoms with Crippen LogP contribution in [-0.2, 0) is 16.8 Å². The molecule has 2 aromatic rings. The fraction of sp³-hybridized carbons (Fsp3) is 0.375. The largest absolute Gasteiger partial charge is 0.497 e. The zero-order valence-corrected chi connectivity index (χ0v) is 17.4. The van der Waals surface area contributed by atoms with Crippen LogP contribution in [0, 0.1) is 11.6 Å². The molecule has 1 heterocycles. The first-order valence-corrected chi connectivity index (χ1v) is 10.0. The Balaban J connectivity index is 2.02. The molecule has 4 nitrogen and oxygen atoms in total. The van der Waals surface area contributed by atoms with E-state index in [1.54, 1.807) is 31.3 Å². The van der Waals surface area contributed by atoms with Gasteiger partial charge in [0.15, 0.2) is 11.6 Å². The minimum Gasteiger partial charge on any atom is -0.497 e. The number of benzene rings is 2. The first kappa shape index (κ1) is 21.8. The zero-order valence-electron chi connectivity index (χ0n) is 17.4. The van der Waals surface area contributed by atoms with Crippen molar-refractivity contribution in [2.24, 2.45) is 0 Å². The summed E-state index contributed by atoms with van der Waals surface area (Å²) in [6, 6.07) is 9.46. The van der Waals surface area contributed by atoms with Gasteiger partial charge in [-0.05, 0) is 37.5 Å². The lowest BCUT2D eigenvalue weighted by Gasteiger charge is -2.35. The number of amides is 1. The fourth-order valence-corrected chi connectivity index (χ4v) is 4.25. The third-order valence-electron chi connectivity index (χ3n) is 5.79. The summed E-state index contributed by atoms with van der Waals surface area (Å²) in [4.78, 5) is 15.5. The Morgan fingerprint density at radius 3 is 2.67 bits per heavy atom. The molecule has 1 saturated heterocycles. The normalized spacial score (nSPS) is 19.3. The van der Waals surface area contributed by atoms with E-state index in [0.717, 1.165) is 24.5 Å². The molecule has 1 aliphatic rings. The van der Waals surface area contributed by atoms with Gasteiger partial charge in [-0.1, -0.05) is 24.6 Å². The lowest BCUT2D eigenvalue weighted by molar-refractivity contribution is -0.137. The van der Waals surface area contributed by atoms with Gasteiger partial charge in [0.25, 0.3) is 0 Å². The van der Waals surface area contributed by atoms with Crippen molar-refractivity contribution in [1.82, 2.24) is 4.90 Å². The van der Waals surface area contributed by atoms with Crippen LogP contribution in [-0.4, -0.2) is 31.6 Å². The van der Waals surface area contributed by atoms with Crippen molar-refractivity contribution in [2.45, 2.75) is 37.6 Å². The maximum atomic E-state index is 14.8. The number of ether oxygens (including phenoxy) is 2. The highest BCUT2D eigenvalue weighted by atomic mass is 19.2. The Kier molecular flexibility index (Phi) is 6.75. The molecule has 0 radical (unpaired) electrons. The number of hydrogen-bond acceptors (Lipinski definition) is 3. The summed E-state index contributed by atoms with van der Waals surface area (Å²) in [5.41, 5.74) is -0.258. The molecule has 0 spiro atoms. The van der Waals surface area contributed by atoms with E-state index < -0.39 is 17.0 Å². The van der Waals surface area contributed by atoms with E-state index in [1.165, 1.54) is 12.1 Å². The van der Waals surface area contributed by atoms with Crippen molar-refractivity contribution in [3.8, 4) is 11.5 Å². The maximum absolute atomic E-state index is 14.8. The summed E-state index contributed by atoms with van der Waals surface area (Å²) >= 11 is 0. The zero-order chi connectivity index (χ0) is 21.7. The van der Waals surface area contributed by atoms with Crippen LogP contribution in [0.1, 0.15) is 36.8 Å². The van der Waals surface area contributed by atoms with Gasteiger partial charge in [0.1, 0.15) is 11.5 Å². The second kappa shape index (κ2) is 9.28. The molecule has 1 aliphatic heterocycles. The van der Waals surface area contributed by atoms with Crippen molar-refractivity contribution >= 4 is 5.91 Å². The Labute approximate surface area is 176 Å². The molecular formula is C24H27F2NO3. The number of nitrogens with zero attached hydrogens (tertiary/aromatic N) is 1. The van der Waals surface area contributed by atoms with Crippen molar-refractivity contribution in [3.63, 3.8) is 0 Å². The van der Waals surface area contributed by atoms with Crippen LogP contribution in [0.3, 0.4) is 0 Å². The van der Waals surface area contributed by atoms with Gasteiger partial charge in [-0.2, -0.15) is 0 Å². The Morgan fingerprint density at radius 1 is 1.17 bits per heavy atom. The van der Waals surface area contributed by atoms with E-state index in [0.29, 0.717) is 31.0 Å². The van der Waals surface area contributed by atoms with E-state index in [2.05, 4.69) is 6.58 Å².